The fourth-order valence-corrected chi connectivity index (χ4v) is 4.31. The predicted octanol–water partition coefficient (Wildman–Crippen LogP) is 2.28. The number of rotatable bonds is 6. The van der Waals surface area contributed by atoms with Gasteiger partial charge in [0.05, 0.1) is 18.6 Å². The standard InChI is InChI=1S/C20H28N8/c1-15-22-7-10-27(15)13-19-23-24-20(25(19)2)16-5-8-26(9-6-16)12-18-11-21-14-28(18)17-3-4-17/h7,10-11,14,16-17H,3-6,8-9,12-13H2,1-2H3. The van der Waals surface area contributed by atoms with Crippen LogP contribution in [0, 0.1) is 6.92 Å². The molecular formula is C20H28N8. The molecule has 0 amide bonds. The molecule has 5 rings (SSSR count). The summed E-state index contributed by atoms with van der Waals surface area (Å²) in [5.74, 6) is 3.60. The highest BCUT2D eigenvalue weighted by molar-refractivity contribution is 5.07. The van der Waals surface area contributed by atoms with Crippen molar-refractivity contribution < 1.29 is 0 Å². The summed E-state index contributed by atoms with van der Waals surface area (Å²) in [5.41, 5.74) is 1.36. The lowest BCUT2D eigenvalue weighted by Gasteiger charge is -2.31. The summed E-state index contributed by atoms with van der Waals surface area (Å²) in [7, 11) is 2.09. The first-order valence-corrected chi connectivity index (χ1v) is 10.3. The molecule has 2 fully saturated rings. The van der Waals surface area contributed by atoms with E-state index in [1.54, 1.807) is 0 Å². The minimum absolute atomic E-state index is 0.486. The third-order valence-electron chi connectivity index (χ3n) is 6.26. The van der Waals surface area contributed by atoms with Crippen LogP contribution in [0.15, 0.2) is 24.9 Å². The Morgan fingerprint density at radius 1 is 1.07 bits per heavy atom. The first-order chi connectivity index (χ1) is 13.7. The molecule has 0 unspecified atom stereocenters. The molecule has 0 aromatic carbocycles. The Hall–Kier alpha value is -2.48. The summed E-state index contributed by atoms with van der Waals surface area (Å²) in [5, 5.41) is 9.01. The molecule has 28 heavy (non-hydrogen) atoms. The van der Waals surface area contributed by atoms with E-state index in [2.05, 4.69) is 45.8 Å². The number of hydrogen-bond acceptors (Lipinski definition) is 5. The van der Waals surface area contributed by atoms with Crippen LogP contribution in [0.25, 0.3) is 0 Å². The van der Waals surface area contributed by atoms with Gasteiger partial charge in [-0.15, -0.1) is 10.2 Å². The zero-order valence-corrected chi connectivity index (χ0v) is 16.7. The third kappa shape index (κ3) is 3.37. The molecule has 3 aromatic rings. The number of hydrogen-bond donors (Lipinski definition) is 0. The van der Waals surface area contributed by atoms with Crippen LogP contribution in [0.3, 0.4) is 0 Å². The van der Waals surface area contributed by atoms with Crippen LogP contribution in [-0.4, -0.2) is 51.9 Å². The van der Waals surface area contributed by atoms with Gasteiger partial charge in [-0.2, -0.15) is 0 Å². The molecular weight excluding hydrogens is 352 g/mol. The average molecular weight is 381 g/mol. The fourth-order valence-electron chi connectivity index (χ4n) is 4.31. The number of likely N-dealkylation sites (tertiary alicyclic amines) is 1. The highest BCUT2D eigenvalue weighted by atomic mass is 15.3. The van der Waals surface area contributed by atoms with Gasteiger partial charge in [-0.1, -0.05) is 0 Å². The van der Waals surface area contributed by atoms with Crippen molar-refractivity contribution in [1.29, 1.82) is 0 Å². The summed E-state index contributed by atoms with van der Waals surface area (Å²) in [4.78, 5) is 11.2. The maximum atomic E-state index is 4.54. The lowest BCUT2D eigenvalue weighted by Crippen LogP contribution is -2.33. The SMILES string of the molecule is Cc1nccn1Cc1nnc(C2CCN(Cc3cncn3C3CC3)CC2)n1C. The van der Waals surface area contributed by atoms with Crippen molar-refractivity contribution in [2.24, 2.45) is 7.05 Å². The second kappa shape index (κ2) is 7.16. The van der Waals surface area contributed by atoms with Gasteiger partial charge >= 0.3 is 0 Å². The predicted molar refractivity (Wildman–Crippen MR) is 105 cm³/mol. The second-order valence-corrected chi connectivity index (χ2v) is 8.21. The Morgan fingerprint density at radius 3 is 2.61 bits per heavy atom. The van der Waals surface area contributed by atoms with Crippen molar-refractivity contribution in [2.45, 2.75) is 57.7 Å². The van der Waals surface area contributed by atoms with Gasteiger partial charge in [0.25, 0.3) is 0 Å². The van der Waals surface area contributed by atoms with Crippen molar-refractivity contribution in [3.05, 3.63) is 48.1 Å². The second-order valence-electron chi connectivity index (χ2n) is 8.21. The van der Waals surface area contributed by atoms with E-state index >= 15 is 0 Å². The number of aryl methyl sites for hydroxylation is 1. The highest BCUT2D eigenvalue weighted by Crippen LogP contribution is 2.36. The summed E-state index contributed by atoms with van der Waals surface area (Å²) in [6.45, 7) is 5.95. The Morgan fingerprint density at radius 2 is 1.89 bits per heavy atom. The average Bonchev–Trinajstić information content (AvgIpc) is 3.14. The molecule has 0 bridgehead atoms. The minimum atomic E-state index is 0.486. The first kappa shape index (κ1) is 17.6. The van der Waals surface area contributed by atoms with E-state index in [4.69, 9.17) is 0 Å². The van der Waals surface area contributed by atoms with Crippen LogP contribution >= 0.6 is 0 Å². The summed E-state index contributed by atoms with van der Waals surface area (Å²) in [6, 6.07) is 0.700. The van der Waals surface area contributed by atoms with Gasteiger partial charge in [-0.25, -0.2) is 9.97 Å². The van der Waals surface area contributed by atoms with Crippen molar-refractivity contribution >= 4 is 0 Å². The van der Waals surface area contributed by atoms with Crippen LogP contribution < -0.4 is 0 Å². The number of aromatic nitrogens is 7. The summed E-state index contributed by atoms with van der Waals surface area (Å²) < 4.78 is 6.67. The van der Waals surface area contributed by atoms with E-state index in [0.29, 0.717) is 12.0 Å². The molecule has 8 heteroatoms. The van der Waals surface area contributed by atoms with Crippen molar-refractivity contribution in [1.82, 2.24) is 38.8 Å². The van der Waals surface area contributed by atoms with Gasteiger partial charge in [-0.05, 0) is 45.7 Å². The Labute approximate surface area is 165 Å². The zero-order chi connectivity index (χ0) is 19.1. The summed E-state index contributed by atoms with van der Waals surface area (Å²) >= 11 is 0. The molecule has 2 aliphatic rings. The van der Waals surface area contributed by atoms with Crippen LogP contribution in [-0.2, 0) is 20.1 Å². The van der Waals surface area contributed by atoms with E-state index in [-0.39, 0.29) is 0 Å². The van der Waals surface area contributed by atoms with E-state index < -0.39 is 0 Å². The van der Waals surface area contributed by atoms with Gasteiger partial charge in [0.15, 0.2) is 5.82 Å². The number of imidazole rings is 2. The van der Waals surface area contributed by atoms with Crippen molar-refractivity contribution in [3.8, 4) is 0 Å². The lowest BCUT2D eigenvalue weighted by molar-refractivity contribution is 0.196. The number of piperidine rings is 1. The molecule has 0 atom stereocenters. The van der Waals surface area contributed by atoms with Crippen LogP contribution in [0.4, 0.5) is 0 Å². The maximum absolute atomic E-state index is 4.54. The molecule has 0 N–H and O–H groups in total. The highest BCUT2D eigenvalue weighted by Gasteiger charge is 2.28. The topological polar surface area (TPSA) is 69.6 Å². The number of nitrogens with zero attached hydrogens (tertiary/aromatic N) is 8. The molecule has 0 radical (unpaired) electrons. The molecule has 4 heterocycles. The molecule has 148 valence electrons. The van der Waals surface area contributed by atoms with E-state index in [9.17, 15) is 0 Å². The van der Waals surface area contributed by atoms with Gasteiger partial charge in [0.1, 0.15) is 11.6 Å². The van der Waals surface area contributed by atoms with E-state index in [1.807, 2.05) is 31.8 Å². The third-order valence-corrected chi connectivity index (χ3v) is 6.26. The van der Waals surface area contributed by atoms with Crippen LogP contribution in [0.1, 0.15) is 60.8 Å². The zero-order valence-electron chi connectivity index (χ0n) is 16.7. The van der Waals surface area contributed by atoms with Gasteiger partial charge in [-0.3, -0.25) is 4.90 Å². The Balaban J connectivity index is 1.21. The van der Waals surface area contributed by atoms with Gasteiger partial charge < -0.3 is 13.7 Å². The maximum Gasteiger partial charge on any atom is 0.152 e. The lowest BCUT2D eigenvalue weighted by atomic mass is 9.96. The molecule has 1 aliphatic heterocycles. The molecule has 3 aromatic heterocycles. The summed E-state index contributed by atoms with van der Waals surface area (Å²) in [6.07, 6.45) is 12.7. The first-order valence-electron chi connectivity index (χ1n) is 10.3. The van der Waals surface area contributed by atoms with Gasteiger partial charge in [0.2, 0.25) is 0 Å². The largest absolute Gasteiger partial charge is 0.330 e. The molecule has 1 saturated heterocycles. The quantitative estimate of drug-likeness (QED) is 0.656. The fraction of sp³-hybridized carbons (Fsp3) is 0.600. The van der Waals surface area contributed by atoms with Crippen molar-refractivity contribution in [3.63, 3.8) is 0 Å². The van der Waals surface area contributed by atoms with Crippen LogP contribution in [0.2, 0.25) is 0 Å². The smallest absolute Gasteiger partial charge is 0.152 e. The van der Waals surface area contributed by atoms with Crippen LogP contribution in [0.5, 0.6) is 0 Å². The molecule has 1 saturated carbocycles. The van der Waals surface area contributed by atoms with E-state index in [1.165, 1.54) is 18.5 Å². The Kier molecular flexibility index (Phi) is 4.50. The molecule has 8 nitrogen and oxygen atoms in total. The Bertz CT molecular complexity index is 939. The van der Waals surface area contributed by atoms with E-state index in [0.717, 1.165) is 56.5 Å². The van der Waals surface area contributed by atoms with Gasteiger partial charge in [0, 0.05) is 44.1 Å². The molecule has 0 spiro atoms. The normalized spacial score (nSPS) is 18.8. The monoisotopic (exact) mass is 380 g/mol. The minimum Gasteiger partial charge on any atom is -0.330 e. The molecule has 1 aliphatic carbocycles. The van der Waals surface area contributed by atoms with Crippen molar-refractivity contribution in [2.75, 3.05) is 13.1 Å².